The fourth-order valence-electron chi connectivity index (χ4n) is 2.64. The van der Waals surface area contributed by atoms with Crippen LogP contribution >= 0.6 is 0 Å². The summed E-state index contributed by atoms with van der Waals surface area (Å²) in [5, 5.41) is 11.7. The lowest BCUT2D eigenvalue weighted by atomic mass is 10.2. The van der Waals surface area contributed by atoms with Crippen molar-refractivity contribution < 1.29 is 19.4 Å². The number of carbonyl (C=O) groups is 1. The number of hydrogen-bond acceptors (Lipinski definition) is 7. The van der Waals surface area contributed by atoms with Crippen molar-refractivity contribution in [3.8, 4) is 11.5 Å². The highest BCUT2D eigenvalue weighted by molar-refractivity contribution is 5.87. The number of H-pyrrole nitrogens is 2. The van der Waals surface area contributed by atoms with E-state index >= 15 is 0 Å². The zero-order valence-corrected chi connectivity index (χ0v) is 13.0. The number of aromatic amines is 2. The van der Waals surface area contributed by atoms with Crippen LogP contribution in [0.3, 0.4) is 0 Å². The van der Waals surface area contributed by atoms with Gasteiger partial charge in [0.2, 0.25) is 18.7 Å². The summed E-state index contributed by atoms with van der Waals surface area (Å²) in [4.78, 5) is 37.0. The summed E-state index contributed by atoms with van der Waals surface area (Å²) in [5.41, 5.74) is 1.27. The van der Waals surface area contributed by atoms with Gasteiger partial charge in [-0.05, 0) is 19.1 Å². The molecule has 0 aliphatic carbocycles. The van der Waals surface area contributed by atoms with E-state index in [1.165, 1.54) is 0 Å². The summed E-state index contributed by atoms with van der Waals surface area (Å²) in [6, 6.07) is 3.58. The number of hydrogen-bond donors (Lipinski definition) is 4. The summed E-state index contributed by atoms with van der Waals surface area (Å²) in [6.45, 7) is 1.72. The first kappa shape index (κ1) is 15.0. The van der Waals surface area contributed by atoms with Crippen molar-refractivity contribution >= 4 is 28.9 Å². The van der Waals surface area contributed by atoms with Crippen LogP contribution in [0.1, 0.15) is 11.3 Å². The highest BCUT2D eigenvalue weighted by Gasteiger charge is 2.20. The Kier molecular flexibility index (Phi) is 3.31. The number of nitrogens with one attached hydrogen (secondary N) is 3. The lowest BCUT2D eigenvalue weighted by molar-refractivity contribution is -0.136. The molecule has 3 heterocycles. The molecule has 1 aliphatic rings. The zero-order chi connectivity index (χ0) is 17.6. The van der Waals surface area contributed by atoms with Crippen molar-refractivity contribution in [2.75, 3.05) is 12.1 Å². The maximum absolute atomic E-state index is 12.0. The van der Waals surface area contributed by atoms with E-state index in [4.69, 9.17) is 14.6 Å². The predicted molar refractivity (Wildman–Crippen MR) is 86.4 cm³/mol. The number of anilines is 2. The van der Waals surface area contributed by atoms with Gasteiger partial charge in [0.15, 0.2) is 11.5 Å². The van der Waals surface area contributed by atoms with Crippen LogP contribution < -0.4 is 20.3 Å². The Labute approximate surface area is 139 Å². The van der Waals surface area contributed by atoms with Crippen LogP contribution in [0, 0.1) is 6.92 Å². The molecule has 10 nitrogen and oxygen atoms in total. The third-order valence-corrected chi connectivity index (χ3v) is 3.78. The second-order valence-corrected chi connectivity index (χ2v) is 5.45. The number of aliphatic carboxylic acids is 1. The number of carboxylic acids is 1. The Balaban J connectivity index is 1.68. The number of aryl methyl sites for hydroxylation is 1. The van der Waals surface area contributed by atoms with Gasteiger partial charge in [-0.1, -0.05) is 0 Å². The van der Waals surface area contributed by atoms with Gasteiger partial charge >= 0.3 is 5.97 Å². The molecule has 0 spiro atoms. The van der Waals surface area contributed by atoms with E-state index in [0.29, 0.717) is 28.7 Å². The monoisotopic (exact) mass is 343 g/mol. The van der Waals surface area contributed by atoms with Crippen molar-refractivity contribution in [2.45, 2.75) is 13.3 Å². The van der Waals surface area contributed by atoms with E-state index in [-0.39, 0.29) is 24.7 Å². The van der Waals surface area contributed by atoms with Gasteiger partial charge in [-0.25, -0.2) is 9.97 Å². The lowest BCUT2D eigenvalue weighted by Crippen LogP contribution is -2.21. The summed E-state index contributed by atoms with van der Waals surface area (Å²) >= 11 is 0. The van der Waals surface area contributed by atoms with E-state index in [1.807, 2.05) is 0 Å². The summed E-state index contributed by atoms with van der Waals surface area (Å²) in [6.07, 6.45) is -0.386. The van der Waals surface area contributed by atoms with Gasteiger partial charge in [0, 0.05) is 5.56 Å². The molecule has 0 unspecified atom stereocenters. The van der Waals surface area contributed by atoms with E-state index < -0.39 is 11.5 Å². The highest BCUT2D eigenvalue weighted by Crippen LogP contribution is 2.38. The van der Waals surface area contributed by atoms with Crippen LogP contribution in [0.4, 0.5) is 11.9 Å². The molecule has 25 heavy (non-hydrogen) atoms. The zero-order valence-electron chi connectivity index (χ0n) is 13.0. The van der Waals surface area contributed by atoms with Gasteiger partial charge in [-0.15, -0.1) is 0 Å². The molecular formula is C15H13N5O5. The number of aromatic nitrogens is 4. The fourth-order valence-corrected chi connectivity index (χ4v) is 2.64. The molecule has 0 fully saturated rings. The molecule has 0 radical (unpaired) electrons. The van der Waals surface area contributed by atoms with E-state index in [1.54, 1.807) is 19.1 Å². The number of nitrogens with zero attached hydrogens (tertiary/aromatic N) is 2. The first-order chi connectivity index (χ1) is 12.0. The van der Waals surface area contributed by atoms with Crippen LogP contribution in [0.25, 0.3) is 11.0 Å². The van der Waals surface area contributed by atoms with Crippen LogP contribution in [-0.2, 0) is 11.2 Å². The smallest absolute Gasteiger partial charge is 0.308 e. The Morgan fingerprint density at radius 3 is 2.84 bits per heavy atom. The van der Waals surface area contributed by atoms with Crippen LogP contribution in [0.15, 0.2) is 16.9 Å². The number of carboxylic acid groups (broad SMARTS) is 1. The minimum absolute atomic E-state index is 0.117. The van der Waals surface area contributed by atoms with Gasteiger partial charge in [0.1, 0.15) is 5.52 Å². The lowest BCUT2D eigenvalue weighted by Gasteiger charge is -2.06. The second-order valence-electron chi connectivity index (χ2n) is 5.45. The third-order valence-electron chi connectivity index (χ3n) is 3.78. The average Bonchev–Trinajstić information content (AvgIpc) is 3.15. The molecule has 0 saturated carbocycles. The van der Waals surface area contributed by atoms with Crippen LogP contribution in [0.2, 0.25) is 0 Å². The van der Waals surface area contributed by atoms with Crippen LogP contribution in [0.5, 0.6) is 11.5 Å². The number of fused-ring (bicyclic) bond motifs is 3. The molecule has 0 atom stereocenters. The molecule has 1 aromatic carbocycles. The third kappa shape index (κ3) is 2.63. The first-order valence-electron chi connectivity index (χ1n) is 7.38. The fraction of sp³-hybridized carbons (Fsp3) is 0.200. The second kappa shape index (κ2) is 5.51. The van der Waals surface area contributed by atoms with E-state index in [0.717, 1.165) is 5.52 Å². The van der Waals surface area contributed by atoms with Crippen LogP contribution in [-0.4, -0.2) is 37.8 Å². The molecule has 4 rings (SSSR count). The summed E-state index contributed by atoms with van der Waals surface area (Å²) in [5.74, 6) is 0.587. The van der Waals surface area contributed by atoms with Gasteiger partial charge < -0.3 is 19.6 Å². The van der Waals surface area contributed by atoms with Gasteiger partial charge in [-0.3, -0.25) is 19.9 Å². The van der Waals surface area contributed by atoms with Crippen molar-refractivity contribution in [1.29, 1.82) is 0 Å². The van der Waals surface area contributed by atoms with Gasteiger partial charge in [0.25, 0.3) is 5.56 Å². The maximum atomic E-state index is 12.0. The van der Waals surface area contributed by atoms with Crippen molar-refractivity contribution in [1.82, 2.24) is 19.9 Å². The molecule has 1 aliphatic heterocycles. The Hall–Kier alpha value is -3.56. The molecule has 0 amide bonds. The largest absolute Gasteiger partial charge is 0.481 e. The summed E-state index contributed by atoms with van der Waals surface area (Å²) in [7, 11) is 0. The SMILES string of the molecule is Cc1nc(Nc2nc3c4c(ccc3[nH]2)OCO4)[nH]c(=O)c1CC(=O)O. The average molecular weight is 343 g/mol. The van der Waals surface area contributed by atoms with Crippen molar-refractivity contribution in [2.24, 2.45) is 0 Å². The standard InChI is InChI=1S/C15H13N5O5/c1-6-7(4-10(21)22)13(23)19-14(16-6)20-15-17-8-2-3-9-12(11(8)18-15)25-5-24-9/h2-3H,4-5H2,1H3,(H,21,22)(H3,16,17,18,19,20,23). The van der Waals surface area contributed by atoms with E-state index in [2.05, 4.69) is 25.3 Å². The van der Waals surface area contributed by atoms with Crippen molar-refractivity contribution in [3.63, 3.8) is 0 Å². The predicted octanol–water partition coefficient (Wildman–Crippen LogP) is 1.05. The molecule has 3 aromatic rings. The minimum Gasteiger partial charge on any atom is -0.481 e. The quantitative estimate of drug-likeness (QED) is 0.551. The minimum atomic E-state index is -1.09. The molecule has 128 valence electrons. The topological polar surface area (TPSA) is 142 Å². The summed E-state index contributed by atoms with van der Waals surface area (Å²) < 4.78 is 10.7. The molecule has 0 saturated heterocycles. The first-order valence-corrected chi connectivity index (χ1v) is 7.38. The van der Waals surface area contributed by atoms with Gasteiger partial charge in [0.05, 0.1) is 17.6 Å². The molecular weight excluding hydrogens is 330 g/mol. The van der Waals surface area contributed by atoms with E-state index in [9.17, 15) is 9.59 Å². The molecule has 0 bridgehead atoms. The number of ether oxygens (including phenoxy) is 2. The maximum Gasteiger partial charge on any atom is 0.308 e. The normalized spacial score (nSPS) is 12.5. The molecule has 2 aromatic heterocycles. The number of imidazole rings is 1. The molecule has 10 heteroatoms. The number of rotatable bonds is 4. The Morgan fingerprint density at radius 2 is 2.08 bits per heavy atom. The highest BCUT2D eigenvalue weighted by atomic mass is 16.7. The molecule has 4 N–H and O–H groups in total. The number of benzene rings is 1. The Bertz CT molecular complexity index is 1050. The van der Waals surface area contributed by atoms with Crippen molar-refractivity contribution in [3.05, 3.63) is 33.7 Å². The van der Waals surface area contributed by atoms with Gasteiger partial charge in [-0.2, -0.15) is 0 Å². The Morgan fingerprint density at radius 1 is 1.28 bits per heavy atom.